The average molecular weight is 225 g/mol. The van der Waals surface area contributed by atoms with Crippen molar-refractivity contribution in [2.24, 2.45) is 0 Å². The van der Waals surface area contributed by atoms with Crippen molar-refractivity contribution in [1.82, 2.24) is 0 Å². The van der Waals surface area contributed by atoms with Crippen LogP contribution in [0.2, 0.25) is 0 Å². The lowest BCUT2D eigenvalue weighted by molar-refractivity contribution is -0.386. The summed E-state index contributed by atoms with van der Waals surface area (Å²) >= 11 is 0. The van der Waals surface area contributed by atoms with Gasteiger partial charge in [-0.1, -0.05) is 6.92 Å². The van der Waals surface area contributed by atoms with Gasteiger partial charge in [-0.25, -0.2) is 0 Å². The van der Waals surface area contributed by atoms with Crippen LogP contribution in [-0.2, 0) is 6.61 Å². The maximum atomic E-state index is 10.8. The van der Waals surface area contributed by atoms with Gasteiger partial charge in [-0.3, -0.25) is 10.1 Å². The first-order valence-electron chi connectivity index (χ1n) is 5.13. The fraction of sp³-hybridized carbons (Fsp3) is 0.455. The Labute approximate surface area is 93.8 Å². The molecule has 1 atom stereocenters. The van der Waals surface area contributed by atoms with Crippen molar-refractivity contribution in [2.45, 2.75) is 33.0 Å². The van der Waals surface area contributed by atoms with Crippen molar-refractivity contribution < 1.29 is 14.8 Å². The lowest BCUT2D eigenvalue weighted by atomic mass is 10.2. The average Bonchev–Trinajstić information content (AvgIpc) is 2.28. The molecular formula is C11H15NO4. The Hall–Kier alpha value is -1.62. The van der Waals surface area contributed by atoms with Crippen LogP contribution in [0, 0.1) is 10.1 Å². The predicted molar refractivity (Wildman–Crippen MR) is 59.4 cm³/mol. The Morgan fingerprint density at radius 3 is 2.75 bits per heavy atom. The molecule has 1 rings (SSSR count). The molecule has 0 fully saturated rings. The highest BCUT2D eigenvalue weighted by atomic mass is 16.6. The van der Waals surface area contributed by atoms with E-state index in [1.807, 2.05) is 13.8 Å². The Bertz CT molecular complexity index is 378. The molecule has 88 valence electrons. The first-order chi connectivity index (χ1) is 7.58. The molecule has 5 heteroatoms. The van der Waals surface area contributed by atoms with Crippen LogP contribution >= 0.6 is 0 Å². The van der Waals surface area contributed by atoms with Crippen LogP contribution in [0.1, 0.15) is 25.8 Å². The van der Waals surface area contributed by atoms with Gasteiger partial charge in [-0.15, -0.1) is 0 Å². The summed E-state index contributed by atoms with van der Waals surface area (Å²) in [5.74, 6) is 0.214. The van der Waals surface area contributed by atoms with Crippen molar-refractivity contribution in [3.05, 3.63) is 33.9 Å². The number of nitro groups is 1. The smallest absolute Gasteiger partial charge is 0.310 e. The minimum absolute atomic E-state index is 0.0718. The molecular weight excluding hydrogens is 210 g/mol. The van der Waals surface area contributed by atoms with Gasteiger partial charge < -0.3 is 9.84 Å². The van der Waals surface area contributed by atoms with E-state index in [9.17, 15) is 10.1 Å². The van der Waals surface area contributed by atoms with E-state index in [1.165, 1.54) is 18.2 Å². The van der Waals surface area contributed by atoms with Crippen molar-refractivity contribution in [3.63, 3.8) is 0 Å². The third kappa shape index (κ3) is 2.93. The molecule has 0 amide bonds. The summed E-state index contributed by atoms with van der Waals surface area (Å²) in [4.78, 5) is 10.3. The zero-order chi connectivity index (χ0) is 12.1. The maximum absolute atomic E-state index is 10.8. The number of nitrogens with zero attached hydrogens (tertiary/aromatic N) is 1. The number of hydrogen-bond acceptors (Lipinski definition) is 4. The summed E-state index contributed by atoms with van der Waals surface area (Å²) in [6.07, 6.45) is 0.674. The Morgan fingerprint density at radius 2 is 2.25 bits per heavy atom. The van der Waals surface area contributed by atoms with E-state index in [0.29, 0.717) is 5.56 Å². The lowest BCUT2D eigenvalue weighted by Gasteiger charge is -2.13. The monoisotopic (exact) mass is 225 g/mol. The number of hydrogen-bond donors (Lipinski definition) is 1. The number of aliphatic hydroxyl groups is 1. The van der Waals surface area contributed by atoms with E-state index >= 15 is 0 Å². The fourth-order valence-corrected chi connectivity index (χ4v) is 1.20. The van der Waals surface area contributed by atoms with Crippen molar-refractivity contribution in [1.29, 1.82) is 0 Å². The maximum Gasteiger partial charge on any atom is 0.310 e. The SMILES string of the molecule is CCC(C)Oc1cc(CO)ccc1[N+](=O)[O-]. The van der Waals surface area contributed by atoms with Gasteiger partial charge in [-0.2, -0.15) is 0 Å². The Kier molecular flexibility index (Phi) is 4.25. The summed E-state index contributed by atoms with van der Waals surface area (Å²) in [6.45, 7) is 3.62. The standard InChI is InChI=1S/C11H15NO4/c1-3-8(2)16-11-6-9(7-13)4-5-10(11)12(14)15/h4-6,8,13H,3,7H2,1-2H3. The van der Waals surface area contributed by atoms with E-state index in [4.69, 9.17) is 9.84 Å². The molecule has 16 heavy (non-hydrogen) atoms. The van der Waals surface area contributed by atoms with Crippen LogP contribution in [0.3, 0.4) is 0 Å². The lowest BCUT2D eigenvalue weighted by Crippen LogP contribution is -2.11. The quantitative estimate of drug-likeness (QED) is 0.616. The van der Waals surface area contributed by atoms with Gasteiger partial charge in [0.05, 0.1) is 17.6 Å². The molecule has 0 radical (unpaired) electrons. The molecule has 0 saturated heterocycles. The van der Waals surface area contributed by atoms with E-state index in [1.54, 1.807) is 0 Å². The molecule has 1 aromatic carbocycles. The molecule has 5 nitrogen and oxygen atoms in total. The third-order valence-electron chi connectivity index (χ3n) is 2.31. The highest BCUT2D eigenvalue weighted by Crippen LogP contribution is 2.29. The van der Waals surface area contributed by atoms with E-state index in [0.717, 1.165) is 6.42 Å². The molecule has 0 heterocycles. The van der Waals surface area contributed by atoms with Crippen LogP contribution in [-0.4, -0.2) is 16.1 Å². The molecule has 0 aliphatic carbocycles. The molecule has 1 N–H and O–H groups in total. The van der Waals surface area contributed by atoms with Gasteiger partial charge in [0.15, 0.2) is 5.75 Å². The molecule has 1 unspecified atom stereocenters. The van der Waals surface area contributed by atoms with Crippen LogP contribution in [0.4, 0.5) is 5.69 Å². The number of ether oxygens (including phenoxy) is 1. The zero-order valence-corrected chi connectivity index (χ0v) is 9.34. The largest absolute Gasteiger partial charge is 0.484 e. The number of benzene rings is 1. The van der Waals surface area contributed by atoms with E-state index in [-0.39, 0.29) is 24.1 Å². The van der Waals surface area contributed by atoms with E-state index in [2.05, 4.69) is 0 Å². The molecule has 0 aromatic heterocycles. The van der Waals surface area contributed by atoms with Crippen molar-refractivity contribution in [2.75, 3.05) is 0 Å². The summed E-state index contributed by atoms with van der Waals surface area (Å²) in [7, 11) is 0. The van der Waals surface area contributed by atoms with Gasteiger partial charge in [-0.05, 0) is 31.0 Å². The van der Waals surface area contributed by atoms with Crippen LogP contribution in [0.25, 0.3) is 0 Å². The summed E-state index contributed by atoms with van der Waals surface area (Å²) < 4.78 is 5.45. The predicted octanol–water partition coefficient (Wildman–Crippen LogP) is 2.26. The fourth-order valence-electron chi connectivity index (χ4n) is 1.20. The second kappa shape index (κ2) is 5.46. The Balaban J connectivity index is 3.05. The first kappa shape index (κ1) is 12.4. The van der Waals surface area contributed by atoms with Gasteiger partial charge in [0.25, 0.3) is 0 Å². The number of aliphatic hydroxyl groups excluding tert-OH is 1. The van der Waals surface area contributed by atoms with Gasteiger partial charge in [0, 0.05) is 6.07 Å². The van der Waals surface area contributed by atoms with Crippen LogP contribution in [0.15, 0.2) is 18.2 Å². The topological polar surface area (TPSA) is 72.6 Å². The summed E-state index contributed by atoms with van der Waals surface area (Å²) in [5, 5.41) is 19.7. The van der Waals surface area contributed by atoms with Crippen molar-refractivity contribution >= 4 is 5.69 Å². The molecule has 0 aliphatic rings. The van der Waals surface area contributed by atoms with Gasteiger partial charge in [0.1, 0.15) is 0 Å². The molecule has 0 spiro atoms. The van der Waals surface area contributed by atoms with Gasteiger partial charge in [0.2, 0.25) is 0 Å². The molecule has 0 saturated carbocycles. The van der Waals surface area contributed by atoms with Gasteiger partial charge >= 0.3 is 5.69 Å². The summed E-state index contributed by atoms with van der Waals surface area (Å²) in [5.41, 5.74) is 0.529. The number of rotatable bonds is 5. The molecule has 0 aliphatic heterocycles. The molecule has 1 aromatic rings. The van der Waals surface area contributed by atoms with E-state index < -0.39 is 4.92 Å². The molecule has 0 bridgehead atoms. The second-order valence-electron chi connectivity index (χ2n) is 3.55. The second-order valence-corrected chi connectivity index (χ2v) is 3.55. The van der Waals surface area contributed by atoms with Crippen LogP contribution in [0.5, 0.6) is 5.75 Å². The summed E-state index contributed by atoms with van der Waals surface area (Å²) in [6, 6.07) is 4.37. The minimum Gasteiger partial charge on any atom is -0.484 e. The third-order valence-corrected chi connectivity index (χ3v) is 2.31. The Morgan fingerprint density at radius 1 is 1.56 bits per heavy atom. The minimum atomic E-state index is -0.487. The normalized spacial score (nSPS) is 12.2. The van der Waals surface area contributed by atoms with Crippen molar-refractivity contribution in [3.8, 4) is 5.75 Å². The highest BCUT2D eigenvalue weighted by molar-refractivity contribution is 5.48. The zero-order valence-electron chi connectivity index (χ0n) is 9.34. The highest BCUT2D eigenvalue weighted by Gasteiger charge is 2.17. The van der Waals surface area contributed by atoms with Crippen LogP contribution < -0.4 is 4.74 Å². The first-order valence-corrected chi connectivity index (χ1v) is 5.13. The number of nitro benzene ring substituents is 1.